The number of pyridine rings is 1. The zero-order valence-electron chi connectivity index (χ0n) is 29.8. The van der Waals surface area contributed by atoms with Crippen LogP contribution in [0.25, 0.3) is 100 Å². The fourth-order valence-corrected chi connectivity index (χ4v) is 8.97. The summed E-state index contributed by atoms with van der Waals surface area (Å²) in [6.45, 7) is 0. The second kappa shape index (κ2) is 11.6. The first-order valence-electron chi connectivity index (χ1n) is 18.8. The Balaban J connectivity index is 1.15. The van der Waals surface area contributed by atoms with E-state index in [-0.39, 0.29) is 0 Å². The molecule has 0 fully saturated rings. The molecule has 0 amide bonds. The molecule has 0 saturated heterocycles. The van der Waals surface area contributed by atoms with Gasteiger partial charge in [-0.1, -0.05) is 97.1 Å². The number of aromatic nitrogens is 6. The lowest BCUT2D eigenvalue weighted by Gasteiger charge is -2.15. The predicted octanol–water partition coefficient (Wildman–Crippen LogP) is 11.8. The zero-order valence-corrected chi connectivity index (χ0v) is 29.8. The minimum absolute atomic E-state index is 0.822. The summed E-state index contributed by atoms with van der Waals surface area (Å²) in [6.07, 6.45) is 8.50. The van der Waals surface area contributed by atoms with E-state index in [0.29, 0.717) is 0 Å². The van der Waals surface area contributed by atoms with Gasteiger partial charge < -0.3 is 4.57 Å². The second-order valence-corrected chi connectivity index (χ2v) is 14.4. The van der Waals surface area contributed by atoms with E-state index in [4.69, 9.17) is 15.0 Å². The van der Waals surface area contributed by atoms with Gasteiger partial charge in [0.2, 0.25) is 0 Å². The van der Waals surface area contributed by atoms with E-state index in [2.05, 4.69) is 141 Å². The molecule has 5 heterocycles. The minimum Gasteiger partial charge on any atom is -0.313 e. The molecule has 258 valence electrons. The maximum absolute atomic E-state index is 5.33. The van der Waals surface area contributed by atoms with Crippen LogP contribution in [0.1, 0.15) is 17.7 Å². The molecule has 0 spiro atoms. The van der Waals surface area contributed by atoms with Gasteiger partial charge in [-0.3, -0.25) is 9.13 Å². The molecular formula is C49H32N6. The highest BCUT2D eigenvalue weighted by molar-refractivity contribution is 6.15. The highest BCUT2D eigenvalue weighted by Crippen LogP contribution is 2.42. The summed E-state index contributed by atoms with van der Waals surface area (Å²) in [5.74, 6) is 1.74. The molecule has 0 unspecified atom stereocenters. The Hall–Kier alpha value is -7.31. The summed E-state index contributed by atoms with van der Waals surface area (Å²) in [4.78, 5) is 15.4. The van der Waals surface area contributed by atoms with Crippen molar-refractivity contribution in [2.75, 3.05) is 0 Å². The molecule has 6 nitrogen and oxygen atoms in total. The van der Waals surface area contributed by atoms with Crippen molar-refractivity contribution in [1.29, 1.82) is 0 Å². The largest absolute Gasteiger partial charge is 0.313 e. The summed E-state index contributed by atoms with van der Waals surface area (Å²) in [5.41, 5.74) is 13.1. The molecule has 55 heavy (non-hydrogen) atoms. The van der Waals surface area contributed by atoms with Crippen LogP contribution < -0.4 is 0 Å². The molecule has 1 aliphatic rings. The summed E-state index contributed by atoms with van der Waals surface area (Å²) < 4.78 is 7.11. The van der Waals surface area contributed by atoms with E-state index in [9.17, 15) is 0 Å². The Morgan fingerprint density at radius 3 is 1.95 bits per heavy atom. The Bertz CT molecular complexity index is 3370. The monoisotopic (exact) mass is 704 g/mol. The van der Waals surface area contributed by atoms with Crippen LogP contribution in [0.4, 0.5) is 0 Å². The topological polar surface area (TPSA) is 53.5 Å². The first kappa shape index (κ1) is 30.2. The summed E-state index contributed by atoms with van der Waals surface area (Å²) in [5, 5.41) is 6.08. The molecule has 0 aliphatic heterocycles. The summed E-state index contributed by atoms with van der Waals surface area (Å²) in [6, 6.07) is 53.8. The number of rotatable bonds is 4. The molecular weight excluding hydrogens is 673 g/mol. The van der Waals surface area contributed by atoms with Crippen molar-refractivity contribution in [2.45, 2.75) is 12.8 Å². The molecule has 6 aromatic carbocycles. The number of benzene rings is 6. The first-order chi connectivity index (χ1) is 27.3. The van der Waals surface area contributed by atoms with Crippen LogP contribution in [0.5, 0.6) is 0 Å². The van der Waals surface area contributed by atoms with Crippen molar-refractivity contribution in [3.8, 4) is 28.6 Å². The van der Waals surface area contributed by atoms with E-state index in [1.165, 1.54) is 43.7 Å². The average molecular weight is 705 g/mol. The van der Waals surface area contributed by atoms with Crippen molar-refractivity contribution in [1.82, 2.24) is 28.7 Å². The molecule has 6 heteroatoms. The van der Waals surface area contributed by atoms with Gasteiger partial charge in [0.05, 0.1) is 38.6 Å². The van der Waals surface area contributed by atoms with Crippen LogP contribution in [0.2, 0.25) is 0 Å². The lowest BCUT2D eigenvalue weighted by atomic mass is 10.0. The van der Waals surface area contributed by atoms with Crippen LogP contribution in [0.3, 0.4) is 0 Å². The Morgan fingerprint density at radius 1 is 0.473 bits per heavy atom. The number of fused-ring (bicyclic) bond motifs is 10. The van der Waals surface area contributed by atoms with Crippen molar-refractivity contribution in [3.63, 3.8) is 0 Å². The lowest BCUT2D eigenvalue weighted by Crippen LogP contribution is -2.04. The lowest BCUT2D eigenvalue weighted by molar-refractivity contribution is 0.889. The fraction of sp³-hybridized carbons (Fsp3) is 0.0408. The SMILES string of the molecule is C1=Cc2c(n(-c3ccc4c(c3)c3ccccc3n4-c3nc4ccccc4nc3-c3ccccc3)c3cc4c(cc23)c2ccccc2n4-c2ccccn2)CC1. The summed E-state index contributed by atoms with van der Waals surface area (Å²) in [7, 11) is 0. The molecule has 0 N–H and O–H groups in total. The first-order valence-corrected chi connectivity index (χ1v) is 18.8. The van der Waals surface area contributed by atoms with Gasteiger partial charge in [0, 0.05) is 55.6 Å². The van der Waals surface area contributed by atoms with E-state index in [1.807, 2.05) is 42.6 Å². The number of hydrogen-bond donors (Lipinski definition) is 0. The van der Waals surface area contributed by atoms with Crippen molar-refractivity contribution < 1.29 is 0 Å². The standard InChI is InChI=1S/C49H32N6/c1-2-14-31(15-3-1)48-49(52-40-20-8-7-19-39(40)51-48)55-43-23-11-6-16-33(43)36-28-32(25-26-44(36)55)53-41-21-9-4-17-34(41)37-29-38-35-18-5-10-22-42(35)54(46(38)30-45(37)53)47-24-12-13-27-50-47/h1-8,10-20,22-30H,9,21H2. The normalized spacial score (nSPS) is 12.9. The molecule has 0 radical (unpaired) electrons. The van der Waals surface area contributed by atoms with Gasteiger partial charge in [0.1, 0.15) is 11.5 Å². The number of nitrogens with zero attached hydrogens (tertiary/aromatic N) is 6. The van der Waals surface area contributed by atoms with E-state index < -0.39 is 0 Å². The molecule has 11 aromatic rings. The van der Waals surface area contributed by atoms with Crippen LogP contribution in [0.15, 0.2) is 164 Å². The van der Waals surface area contributed by atoms with Crippen LogP contribution in [0, 0.1) is 0 Å². The molecule has 0 bridgehead atoms. The summed E-state index contributed by atoms with van der Waals surface area (Å²) >= 11 is 0. The maximum atomic E-state index is 5.33. The third kappa shape index (κ3) is 4.39. The van der Waals surface area contributed by atoms with Crippen LogP contribution in [-0.2, 0) is 6.42 Å². The molecule has 5 aromatic heterocycles. The van der Waals surface area contributed by atoms with Gasteiger partial charge in [-0.15, -0.1) is 0 Å². The van der Waals surface area contributed by atoms with Crippen molar-refractivity contribution in [2.24, 2.45) is 0 Å². The van der Waals surface area contributed by atoms with Gasteiger partial charge in [-0.25, -0.2) is 15.0 Å². The van der Waals surface area contributed by atoms with Crippen molar-refractivity contribution >= 4 is 71.6 Å². The van der Waals surface area contributed by atoms with E-state index in [0.717, 1.165) is 74.5 Å². The average Bonchev–Trinajstić information content (AvgIpc) is 3.88. The van der Waals surface area contributed by atoms with Gasteiger partial charge in [-0.05, 0) is 79.6 Å². The maximum Gasteiger partial charge on any atom is 0.165 e. The van der Waals surface area contributed by atoms with E-state index in [1.54, 1.807) is 0 Å². The van der Waals surface area contributed by atoms with Gasteiger partial charge in [0.25, 0.3) is 0 Å². The quantitative estimate of drug-likeness (QED) is 0.183. The Morgan fingerprint density at radius 2 is 1.15 bits per heavy atom. The van der Waals surface area contributed by atoms with Crippen LogP contribution in [-0.4, -0.2) is 28.7 Å². The highest BCUT2D eigenvalue weighted by atomic mass is 15.1. The Labute approximate surface area is 315 Å². The smallest absolute Gasteiger partial charge is 0.165 e. The number of para-hydroxylation sites is 4. The number of hydrogen-bond acceptors (Lipinski definition) is 3. The number of allylic oxidation sites excluding steroid dienone is 1. The molecule has 1 aliphatic carbocycles. The van der Waals surface area contributed by atoms with E-state index >= 15 is 0 Å². The minimum atomic E-state index is 0.822. The van der Waals surface area contributed by atoms with Crippen LogP contribution >= 0.6 is 0 Å². The third-order valence-corrected chi connectivity index (χ3v) is 11.3. The highest BCUT2D eigenvalue weighted by Gasteiger charge is 2.24. The molecule has 0 atom stereocenters. The second-order valence-electron chi connectivity index (χ2n) is 14.4. The van der Waals surface area contributed by atoms with Gasteiger partial charge >= 0.3 is 0 Å². The molecule has 0 saturated carbocycles. The fourth-order valence-electron chi connectivity index (χ4n) is 8.97. The predicted molar refractivity (Wildman–Crippen MR) is 226 cm³/mol. The zero-order chi connectivity index (χ0) is 36.0. The molecule has 12 rings (SSSR count). The van der Waals surface area contributed by atoms with Gasteiger partial charge in [-0.2, -0.15) is 0 Å². The van der Waals surface area contributed by atoms with Gasteiger partial charge in [0.15, 0.2) is 5.82 Å². The van der Waals surface area contributed by atoms with Crippen molar-refractivity contribution in [3.05, 3.63) is 175 Å². The Kier molecular flexibility index (Phi) is 6.36. The third-order valence-electron chi connectivity index (χ3n) is 11.3.